The lowest BCUT2D eigenvalue weighted by atomic mass is 10.1. The van der Waals surface area contributed by atoms with Crippen molar-refractivity contribution in [3.05, 3.63) is 63.6 Å². The predicted octanol–water partition coefficient (Wildman–Crippen LogP) is 4.31. The molecule has 3 rings (SSSR count). The van der Waals surface area contributed by atoms with Crippen molar-refractivity contribution in [2.75, 3.05) is 17.1 Å². The van der Waals surface area contributed by atoms with E-state index < -0.39 is 22.0 Å². The van der Waals surface area contributed by atoms with Crippen LogP contribution in [0.3, 0.4) is 0 Å². The van der Waals surface area contributed by atoms with Crippen LogP contribution in [0.15, 0.2) is 46.9 Å². The van der Waals surface area contributed by atoms with Crippen molar-refractivity contribution in [3.63, 3.8) is 0 Å². The van der Waals surface area contributed by atoms with Crippen LogP contribution in [0.25, 0.3) is 0 Å². The number of amides is 2. The van der Waals surface area contributed by atoms with E-state index in [-0.39, 0.29) is 25.0 Å². The summed E-state index contributed by atoms with van der Waals surface area (Å²) in [5.74, 6) is -0.660. The minimum absolute atomic E-state index is 0.123. The molecular formula is C26H34BrN3O4S. The van der Waals surface area contributed by atoms with Gasteiger partial charge in [0, 0.05) is 17.1 Å². The second kappa shape index (κ2) is 11.6. The maximum Gasteiger partial charge on any atom is 0.244 e. The van der Waals surface area contributed by atoms with Gasteiger partial charge in [0.15, 0.2) is 0 Å². The Balaban J connectivity index is 1.89. The van der Waals surface area contributed by atoms with Crippen molar-refractivity contribution in [3.8, 4) is 0 Å². The van der Waals surface area contributed by atoms with E-state index in [1.165, 1.54) is 4.90 Å². The Morgan fingerprint density at radius 2 is 1.71 bits per heavy atom. The molecular weight excluding hydrogens is 530 g/mol. The Morgan fingerprint density at radius 1 is 1.09 bits per heavy atom. The van der Waals surface area contributed by atoms with E-state index in [0.29, 0.717) is 5.69 Å². The smallest absolute Gasteiger partial charge is 0.244 e. The van der Waals surface area contributed by atoms with Crippen LogP contribution in [0.5, 0.6) is 0 Å². The minimum atomic E-state index is -3.75. The summed E-state index contributed by atoms with van der Waals surface area (Å²) < 4.78 is 27.5. The maximum atomic E-state index is 13.6. The first-order valence-electron chi connectivity index (χ1n) is 11.8. The highest BCUT2D eigenvalue weighted by Crippen LogP contribution is 2.25. The number of carbonyl (C=O) groups is 2. The molecule has 1 aliphatic rings. The Hall–Kier alpha value is -2.39. The molecule has 0 aromatic heterocycles. The SMILES string of the molecule is Cc1ccc(N(CC(=O)N(Cc2ccc(Br)cc2)C(C)C(=O)NC2CCCC2)S(C)(=O)=O)c(C)c1. The number of benzene rings is 2. The molecule has 1 aliphatic carbocycles. The largest absolute Gasteiger partial charge is 0.352 e. The number of nitrogens with zero attached hydrogens (tertiary/aromatic N) is 2. The second-order valence-electron chi connectivity index (χ2n) is 9.37. The van der Waals surface area contributed by atoms with Crippen LogP contribution in [0.2, 0.25) is 0 Å². The fraction of sp³-hybridized carbons (Fsp3) is 0.462. The lowest BCUT2D eigenvalue weighted by Crippen LogP contribution is -2.52. The maximum absolute atomic E-state index is 13.6. The van der Waals surface area contributed by atoms with E-state index in [9.17, 15) is 18.0 Å². The summed E-state index contributed by atoms with van der Waals surface area (Å²) in [6.07, 6.45) is 5.14. The van der Waals surface area contributed by atoms with Gasteiger partial charge < -0.3 is 10.2 Å². The molecule has 7 nitrogen and oxygen atoms in total. The fourth-order valence-electron chi connectivity index (χ4n) is 4.44. The van der Waals surface area contributed by atoms with Crippen molar-refractivity contribution >= 4 is 43.5 Å². The topological polar surface area (TPSA) is 86.8 Å². The van der Waals surface area contributed by atoms with Crippen molar-refractivity contribution in [2.24, 2.45) is 0 Å². The second-order valence-corrected chi connectivity index (χ2v) is 12.2. The van der Waals surface area contributed by atoms with Gasteiger partial charge >= 0.3 is 0 Å². The molecule has 2 amide bonds. The Bertz CT molecular complexity index is 1160. The molecule has 1 N–H and O–H groups in total. The van der Waals surface area contributed by atoms with Crippen molar-refractivity contribution in [2.45, 2.75) is 65.1 Å². The normalized spacial score (nSPS) is 15.0. The van der Waals surface area contributed by atoms with Crippen LogP contribution in [-0.4, -0.2) is 50.0 Å². The van der Waals surface area contributed by atoms with Crippen molar-refractivity contribution < 1.29 is 18.0 Å². The highest BCUT2D eigenvalue weighted by Gasteiger charge is 2.31. The molecule has 1 atom stereocenters. The third kappa shape index (κ3) is 7.30. The van der Waals surface area contributed by atoms with E-state index in [1.54, 1.807) is 13.0 Å². The van der Waals surface area contributed by atoms with Gasteiger partial charge in [-0.1, -0.05) is 58.6 Å². The molecule has 2 aromatic carbocycles. The van der Waals surface area contributed by atoms with E-state index in [0.717, 1.165) is 57.4 Å². The Morgan fingerprint density at radius 3 is 2.29 bits per heavy atom. The Labute approximate surface area is 217 Å². The molecule has 1 unspecified atom stereocenters. The van der Waals surface area contributed by atoms with Gasteiger partial charge in [-0.05, 0) is 62.9 Å². The monoisotopic (exact) mass is 563 g/mol. The molecule has 1 saturated carbocycles. The standard InChI is InChI=1S/C26H34BrN3O4S/c1-18-9-14-24(19(2)15-18)30(35(4,33)34)17-25(31)29(16-21-10-12-22(27)13-11-21)20(3)26(32)28-23-7-5-6-8-23/h9-15,20,23H,5-8,16-17H2,1-4H3,(H,28,32). The van der Waals surface area contributed by atoms with Crippen molar-refractivity contribution in [1.29, 1.82) is 0 Å². The van der Waals surface area contributed by atoms with E-state index in [2.05, 4.69) is 21.2 Å². The molecule has 0 heterocycles. The van der Waals surface area contributed by atoms with Crippen LogP contribution >= 0.6 is 15.9 Å². The first-order chi connectivity index (χ1) is 16.5. The first-order valence-corrected chi connectivity index (χ1v) is 14.5. The fourth-order valence-corrected chi connectivity index (χ4v) is 5.61. The van der Waals surface area contributed by atoms with Gasteiger partial charge in [-0.25, -0.2) is 8.42 Å². The lowest BCUT2D eigenvalue weighted by molar-refractivity contribution is -0.139. The number of sulfonamides is 1. The summed E-state index contributed by atoms with van der Waals surface area (Å²) in [5.41, 5.74) is 3.06. The number of hydrogen-bond acceptors (Lipinski definition) is 4. The quantitative estimate of drug-likeness (QED) is 0.492. The van der Waals surface area contributed by atoms with E-state index in [4.69, 9.17) is 0 Å². The molecule has 2 aromatic rings. The zero-order valence-electron chi connectivity index (χ0n) is 20.8. The average Bonchev–Trinajstić information content (AvgIpc) is 3.29. The number of nitrogens with one attached hydrogen (secondary N) is 1. The third-order valence-corrected chi connectivity index (χ3v) is 8.09. The molecule has 0 bridgehead atoms. The first kappa shape index (κ1) is 27.2. The summed E-state index contributed by atoms with van der Waals surface area (Å²) in [4.78, 5) is 28.2. The number of aryl methyl sites for hydroxylation is 2. The number of hydrogen-bond donors (Lipinski definition) is 1. The van der Waals surface area contributed by atoms with Crippen molar-refractivity contribution in [1.82, 2.24) is 10.2 Å². The van der Waals surface area contributed by atoms with Gasteiger partial charge in [0.05, 0.1) is 11.9 Å². The minimum Gasteiger partial charge on any atom is -0.352 e. The zero-order valence-corrected chi connectivity index (χ0v) is 23.2. The molecule has 35 heavy (non-hydrogen) atoms. The molecule has 0 spiro atoms. The molecule has 1 fully saturated rings. The molecule has 9 heteroatoms. The van der Waals surface area contributed by atoms with Gasteiger partial charge in [-0.2, -0.15) is 0 Å². The van der Waals surface area contributed by atoms with Crippen LogP contribution in [0.4, 0.5) is 5.69 Å². The van der Waals surface area contributed by atoms with Gasteiger partial charge in [-0.3, -0.25) is 13.9 Å². The third-order valence-electron chi connectivity index (χ3n) is 6.44. The summed E-state index contributed by atoms with van der Waals surface area (Å²) >= 11 is 3.42. The summed E-state index contributed by atoms with van der Waals surface area (Å²) in [6, 6.07) is 12.3. The predicted molar refractivity (Wildman–Crippen MR) is 143 cm³/mol. The van der Waals surface area contributed by atoms with Crippen LogP contribution in [-0.2, 0) is 26.2 Å². The van der Waals surface area contributed by atoms with Gasteiger partial charge in [0.2, 0.25) is 21.8 Å². The van der Waals surface area contributed by atoms with E-state index >= 15 is 0 Å². The molecule has 0 saturated heterocycles. The van der Waals surface area contributed by atoms with Gasteiger partial charge in [0.25, 0.3) is 0 Å². The summed E-state index contributed by atoms with van der Waals surface area (Å²) in [7, 11) is -3.75. The number of carbonyl (C=O) groups excluding carboxylic acids is 2. The number of halogens is 1. The summed E-state index contributed by atoms with van der Waals surface area (Å²) in [5, 5.41) is 3.07. The lowest BCUT2D eigenvalue weighted by Gasteiger charge is -2.32. The number of anilines is 1. The highest BCUT2D eigenvalue weighted by atomic mass is 79.9. The summed E-state index contributed by atoms with van der Waals surface area (Å²) in [6.45, 7) is 5.25. The Kier molecular flexibility index (Phi) is 8.99. The molecule has 190 valence electrons. The molecule has 0 radical (unpaired) electrons. The van der Waals surface area contributed by atoms with Crippen LogP contribution in [0, 0.1) is 13.8 Å². The van der Waals surface area contributed by atoms with Crippen LogP contribution < -0.4 is 9.62 Å². The molecule has 0 aliphatic heterocycles. The van der Waals surface area contributed by atoms with Gasteiger partial charge in [-0.15, -0.1) is 0 Å². The number of rotatable bonds is 9. The average molecular weight is 565 g/mol. The highest BCUT2D eigenvalue weighted by molar-refractivity contribution is 9.10. The van der Waals surface area contributed by atoms with E-state index in [1.807, 2.05) is 50.2 Å². The van der Waals surface area contributed by atoms with Crippen LogP contribution in [0.1, 0.15) is 49.3 Å². The zero-order chi connectivity index (χ0) is 25.8. The van der Waals surface area contributed by atoms with Gasteiger partial charge in [0.1, 0.15) is 12.6 Å².